The van der Waals surface area contributed by atoms with Crippen LogP contribution in [0.1, 0.15) is 361 Å². The molecule has 6 aromatic carbocycles. The minimum Gasteiger partial charge on any atom is -0.171 e. The van der Waals surface area contributed by atoms with Crippen LogP contribution < -0.4 is 0 Å². The van der Waals surface area contributed by atoms with E-state index in [1.165, 1.54) is 120 Å². The number of hydrogen-bond acceptors (Lipinski definition) is 0. The van der Waals surface area contributed by atoms with Crippen LogP contribution in [0.4, 0.5) is 13.2 Å². The average Bonchev–Trinajstić information content (AvgIpc) is 0.876. The molecule has 0 bridgehead atoms. The molecule has 6 aromatic rings. The lowest BCUT2D eigenvalue weighted by Crippen LogP contribution is -2.34. The molecule has 0 aliphatic rings. The van der Waals surface area contributed by atoms with Crippen molar-refractivity contribution in [1.82, 2.24) is 0 Å². The fourth-order valence-corrected chi connectivity index (χ4v) is 12.4. The van der Waals surface area contributed by atoms with Gasteiger partial charge in [-0.2, -0.15) is 13.2 Å². The summed E-state index contributed by atoms with van der Waals surface area (Å²) in [6.07, 6.45) is -2.98. The molecule has 0 aromatic heterocycles. The summed E-state index contributed by atoms with van der Waals surface area (Å²) in [6, 6.07) is 29.3. The Hall–Kier alpha value is -4.89. The van der Waals surface area contributed by atoms with Crippen molar-refractivity contribution in [2.75, 3.05) is 0 Å². The van der Waals surface area contributed by atoms with Gasteiger partial charge in [0.25, 0.3) is 0 Å². The standard InChI is InChI=1S/C17H28.C16H26.C14H19F3.2C14H22.C13H20/c1-11(2)15-9-14(17(6,7)8)10-16(12(3)4)13(15)5;1-10(2)14-8-15(11(3)4)13(7)16(9-14)12(5)6;1-9-6-12(7-10(2)11(9)3)8-13(4,5)14(15,16)17;1-10-7-13(9-14(4,5)6)8-11(2)12(10)3;1-9(2)13-7-11(5)8-14(10(3)4)12(13)6;1-9(2)12-7-6-8-13(10(3)4)11(12)5/h9-12H,1-8H3;8-12H,1-7H3;6-7H,8H2,1-5H3;7-8H,9H2,1-6H3;7-10H,1-6H3;6-10H,1-5H3. The monoisotopic (exact) mass is 1250 g/mol. The summed E-state index contributed by atoms with van der Waals surface area (Å²) in [5, 5.41) is 0. The summed E-state index contributed by atoms with van der Waals surface area (Å²) in [7, 11) is 0. The highest BCUT2D eigenvalue weighted by Crippen LogP contribution is 2.41. The van der Waals surface area contributed by atoms with Crippen molar-refractivity contribution in [3.05, 3.63) is 207 Å². The zero-order chi connectivity index (χ0) is 71.1. The molecule has 0 atom stereocenters. The predicted molar refractivity (Wildman–Crippen MR) is 403 cm³/mol. The Morgan fingerprint density at radius 2 is 0.549 bits per heavy atom. The van der Waals surface area contributed by atoms with Crippen LogP contribution in [0.25, 0.3) is 0 Å². The van der Waals surface area contributed by atoms with E-state index >= 15 is 0 Å². The van der Waals surface area contributed by atoms with E-state index in [0.717, 1.165) is 28.7 Å². The minimum atomic E-state index is -4.17. The van der Waals surface area contributed by atoms with Crippen LogP contribution >= 0.6 is 0 Å². The van der Waals surface area contributed by atoms with Gasteiger partial charge in [-0.25, -0.2) is 0 Å². The summed E-state index contributed by atoms with van der Waals surface area (Å²) in [4.78, 5) is 0. The number of hydrogen-bond donors (Lipinski definition) is 0. The number of alkyl halides is 3. The number of aryl methyl sites for hydroxylation is 5. The molecule has 0 N–H and O–H groups in total. The number of halogens is 3. The first kappa shape index (κ1) is 84.1. The summed E-state index contributed by atoms with van der Waals surface area (Å²) < 4.78 is 38.4. The molecule has 0 amide bonds. The highest BCUT2D eigenvalue weighted by Gasteiger charge is 2.47. The zero-order valence-corrected chi connectivity index (χ0v) is 65.7. The highest BCUT2D eigenvalue weighted by molar-refractivity contribution is 5.46. The molecule has 0 aliphatic heterocycles. The lowest BCUT2D eigenvalue weighted by atomic mass is 9.80. The average molecular weight is 1250 g/mol. The maximum atomic E-state index is 12.8. The smallest absolute Gasteiger partial charge is 0.171 e. The van der Waals surface area contributed by atoms with Crippen molar-refractivity contribution in [2.45, 2.75) is 334 Å². The van der Waals surface area contributed by atoms with Crippen LogP contribution in [-0.4, -0.2) is 6.18 Å². The van der Waals surface area contributed by atoms with Gasteiger partial charge in [0.1, 0.15) is 0 Å². The van der Waals surface area contributed by atoms with Gasteiger partial charge in [0.2, 0.25) is 0 Å². The first-order chi connectivity index (χ1) is 41.3. The molecule has 510 valence electrons. The van der Waals surface area contributed by atoms with E-state index in [1.807, 2.05) is 32.9 Å². The van der Waals surface area contributed by atoms with Crippen LogP contribution in [0.3, 0.4) is 0 Å². The van der Waals surface area contributed by atoms with Gasteiger partial charge in [0, 0.05) is 0 Å². The Balaban J connectivity index is 0.000000547. The van der Waals surface area contributed by atoms with E-state index in [1.54, 1.807) is 0 Å². The summed E-state index contributed by atoms with van der Waals surface area (Å²) in [5.41, 5.74) is 31.1. The second-order valence-electron chi connectivity index (χ2n) is 32.9. The van der Waals surface area contributed by atoms with Crippen LogP contribution in [-0.2, 0) is 18.3 Å². The Labute approximate surface area is 561 Å². The quantitative estimate of drug-likeness (QED) is 0.115. The normalized spacial score (nSPS) is 12.1. The molecule has 0 unspecified atom stereocenters. The third kappa shape index (κ3) is 26.1. The minimum absolute atomic E-state index is 0.0262. The van der Waals surface area contributed by atoms with Crippen molar-refractivity contribution in [3.8, 4) is 0 Å². The van der Waals surface area contributed by atoms with Gasteiger partial charge in [-0.3, -0.25) is 0 Å². The van der Waals surface area contributed by atoms with E-state index in [2.05, 4.69) is 288 Å². The van der Waals surface area contributed by atoms with Crippen molar-refractivity contribution in [3.63, 3.8) is 0 Å². The molecule has 0 saturated heterocycles. The second-order valence-corrected chi connectivity index (χ2v) is 32.9. The van der Waals surface area contributed by atoms with Crippen molar-refractivity contribution >= 4 is 0 Å². The maximum Gasteiger partial charge on any atom is 0.394 e. The maximum absolute atomic E-state index is 12.8. The molecule has 0 nitrogen and oxygen atoms in total. The van der Waals surface area contributed by atoms with Crippen LogP contribution in [0, 0.1) is 87.0 Å². The van der Waals surface area contributed by atoms with Gasteiger partial charge in [-0.1, -0.05) is 264 Å². The molecule has 6 rings (SSSR count). The largest absolute Gasteiger partial charge is 0.394 e. The fourth-order valence-electron chi connectivity index (χ4n) is 12.4. The van der Waals surface area contributed by atoms with Crippen molar-refractivity contribution in [2.24, 2.45) is 10.8 Å². The van der Waals surface area contributed by atoms with Gasteiger partial charge in [0.15, 0.2) is 0 Å². The SMILES string of the molecule is Cc1c(C(C)C)cc(C(C)(C)C)cc1C(C)C.Cc1c(C(C)C)cc(C(C)C)cc1C(C)C.Cc1c(C(C)C)cccc1C(C)C.Cc1cc(C(C)C)c(C)c(C(C)C)c1.Cc1cc(CC(C)(C)C(F)(F)F)cc(C)c1C.Cc1cc(CC(C)(C)C)cc(C)c1C. The molecule has 0 heterocycles. The van der Waals surface area contributed by atoms with E-state index in [0.29, 0.717) is 58.7 Å². The van der Waals surface area contributed by atoms with E-state index in [-0.39, 0.29) is 11.8 Å². The highest BCUT2D eigenvalue weighted by atomic mass is 19.4. The van der Waals surface area contributed by atoms with Gasteiger partial charge < -0.3 is 0 Å². The first-order valence-electron chi connectivity index (χ1n) is 35.0. The molecule has 0 radical (unpaired) electrons. The van der Waals surface area contributed by atoms with Crippen molar-refractivity contribution in [1.29, 1.82) is 0 Å². The van der Waals surface area contributed by atoms with Crippen LogP contribution in [0.5, 0.6) is 0 Å². The molecule has 0 fully saturated rings. The molecule has 91 heavy (non-hydrogen) atoms. The Bertz CT molecular complexity index is 3050. The van der Waals surface area contributed by atoms with E-state index < -0.39 is 11.6 Å². The molecule has 3 heteroatoms. The number of rotatable bonds is 12. The Kier molecular flexibility index (Phi) is 32.9. The van der Waals surface area contributed by atoms with Crippen LogP contribution in [0.2, 0.25) is 0 Å². The fraction of sp³-hybridized carbons (Fsp3) is 0.591. The first-order valence-corrected chi connectivity index (χ1v) is 35.0. The number of benzene rings is 6. The summed E-state index contributed by atoms with van der Waals surface area (Å²) >= 11 is 0. The van der Waals surface area contributed by atoms with E-state index in [9.17, 15) is 13.2 Å². The summed E-state index contributed by atoms with van der Waals surface area (Å²) in [6.45, 7) is 80.9. The van der Waals surface area contributed by atoms with Gasteiger partial charge in [-0.15, -0.1) is 0 Å². The van der Waals surface area contributed by atoms with Crippen LogP contribution in [0.15, 0.2) is 78.9 Å². The van der Waals surface area contributed by atoms with E-state index in [4.69, 9.17) is 0 Å². The van der Waals surface area contributed by atoms with Crippen molar-refractivity contribution < 1.29 is 13.2 Å². The molecular weight excluding hydrogens is 1110 g/mol. The summed E-state index contributed by atoms with van der Waals surface area (Å²) in [5.74, 6) is 5.62. The second kappa shape index (κ2) is 35.6. The molecule has 0 spiro atoms. The van der Waals surface area contributed by atoms with Gasteiger partial charge in [-0.05, 0) is 275 Å². The predicted octanol–water partition coefficient (Wildman–Crippen LogP) is 28.6. The molecule has 0 saturated carbocycles. The third-order valence-corrected chi connectivity index (χ3v) is 18.7. The van der Waals surface area contributed by atoms with Gasteiger partial charge in [0.05, 0.1) is 5.41 Å². The Morgan fingerprint density at radius 3 is 0.791 bits per heavy atom. The topological polar surface area (TPSA) is 0 Å². The van der Waals surface area contributed by atoms with Gasteiger partial charge >= 0.3 is 6.18 Å². The zero-order valence-electron chi connectivity index (χ0n) is 65.7. The lowest BCUT2D eigenvalue weighted by Gasteiger charge is -2.28. The lowest BCUT2D eigenvalue weighted by molar-refractivity contribution is -0.211. The molecule has 0 aliphatic carbocycles. The third-order valence-electron chi connectivity index (χ3n) is 18.7. The molecular formula is C88H137F3. The Morgan fingerprint density at radius 1 is 0.297 bits per heavy atom.